The smallest absolute Gasteiger partial charge is 0.224 e. The summed E-state index contributed by atoms with van der Waals surface area (Å²) in [5.74, 6) is 1.64. The number of hydrogen-bond acceptors (Lipinski definition) is 4. The molecule has 0 saturated carbocycles. The van der Waals surface area contributed by atoms with Crippen molar-refractivity contribution in [1.29, 1.82) is 0 Å². The Morgan fingerprint density at radius 3 is 2.96 bits per heavy atom. The summed E-state index contributed by atoms with van der Waals surface area (Å²) in [4.78, 5) is 15.6. The van der Waals surface area contributed by atoms with Gasteiger partial charge < -0.3 is 25.4 Å². The van der Waals surface area contributed by atoms with Crippen LogP contribution in [0.1, 0.15) is 31.7 Å². The highest BCUT2D eigenvalue weighted by molar-refractivity contribution is 14.0. The van der Waals surface area contributed by atoms with Crippen molar-refractivity contribution in [3.63, 3.8) is 0 Å². The Kier molecular flexibility index (Phi) is 8.15. The second kappa shape index (κ2) is 10.1. The van der Waals surface area contributed by atoms with E-state index in [0.29, 0.717) is 19.6 Å². The van der Waals surface area contributed by atoms with Gasteiger partial charge >= 0.3 is 0 Å². The summed E-state index contributed by atoms with van der Waals surface area (Å²) in [6.07, 6.45) is 3.47. The van der Waals surface area contributed by atoms with Crippen molar-refractivity contribution in [3.8, 4) is 5.75 Å². The number of fused-ring (bicyclic) bond motifs is 1. The van der Waals surface area contributed by atoms with Gasteiger partial charge in [-0.25, -0.2) is 0 Å². The summed E-state index contributed by atoms with van der Waals surface area (Å²) in [5.41, 5.74) is 1.91. The lowest BCUT2D eigenvalue weighted by atomic mass is 10.0. The summed E-state index contributed by atoms with van der Waals surface area (Å²) in [5, 5.41) is 9.44. The monoisotopic (exact) mass is 488 g/mol. The first-order valence-corrected chi connectivity index (χ1v) is 9.22. The predicted molar refractivity (Wildman–Crippen MR) is 117 cm³/mol. The first-order chi connectivity index (χ1) is 12.6. The molecule has 1 fully saturated rings. The number of nitrogens with one attached hydrogen (secondary N) is 3. The average Bonchev–Trinajstić information content (AvgIpc) is 3.08. The molecule has 1 amide bonds. The van der Waals surface area contributed by atoms with Crippen molar-refractivity contribution < 1.29 is 14.3 Å². The molecule has 150 valence electrons. The maximum Gasteiger partial charge on any atom is 0.224 e. The maximum absolute atomic E-state index is 11.4. The van der Waals surface area contributed by atoms with Gasteiger partial charge in [0.05, 0.1) is 12.1 Å². The van der Waals surface area contributed by atoms with E-state index in [1.807, 2.05) is 18.2 Å². The molecular formula is C19H29IN4O3. The molecule has 2 aliphatic heterocycles. The molecule has 3 rings (SSSR count). The molecule has 0 bridgehead atoms. The zero-order chi connectivity index (χ0) is 18.4. The number of anilines is 1. The van der Waals surface area contributed by atoms with Crippen molar-refractivity contribution >= 4 is 41.5 Å². The molecule has 0 radical (unpaired) electrons. The zero-order valence-electron chi connectivity index (χ0n) is 16.0. The van der Waals surface area contributed by atoms with Gasteiger partial charge in [-0.15, -0.1) is 24.0 Å². The third kappa shape index (κ3) is 6.24. The second-order valence-corrected chi connectivity index (χ2v) is 6.97. The Hall–Kier alpha value is -1.55. The fourth-order valence-corrected chi connectivity index (χ4v) is 3.26. The number of halogens is 1. The van der Waals surface area contributed by atoms with Gasteiger partial charge in [-0.1, -0.05) is 0 Å². The molecule has 1 unspecified atom stereocenters. The molecule has 2 heterocycles. The molecule has 3 N–H and O–H groups in total. The molecule has 27 heavy (non-hydrogen) atoms. The van der Waals surface area contributed by atoms with E-state index < -0.39 is 0 Å². The van der Waals surface area contributed by atoms with E-state index in [1.165, 1.54) is 0 Å². The molecule has 8 heteroatoms. The van der Waals surface area contributed by atoms with E-state index in [1.54, 1.807) is 7.05 Å². The second-order valence-electron chi connectivity index (χ2n) is 6.97. The molecule has 7 nitrogen and oxygen atoms in total. The number of benzene rings is 1. The quantitative estimate of drug-likeness (QED) is 0.248. The van der Waals surface area contributed by atoms with E-state index in [2.05, 4.69) is 27.9 Å². The number of rotatable bonds is 6. The standard InChI is InChI=1S/C19H28N4O3.HI/c1-19(8-3-10-26-19)13-22-18(20-2)21-9-11-25-15-5-6-16-14(12-15)4-7-17(24)23-16;/h5-6,12H,3-4,7-11,13H2,1-2H3,(H,23,24)(H2,20,21,22);1H. The van der Waals surface area contributed by atoms with Crippen LogP contribution in [0, 0.1) is 0 Å². The van der Waals surface area contributed by atoms with Crippen LogP contribution >= 0.6 is 24.0 Å². The molecule has 1 atom stereocenters. The average molecular weight is 488 g/mol. The number of aliphatic imine (C=N–C) groups is 1. The summed E-state index contributed by atoms with van der Waals surface area (Å²) < 4.78 is 11.6. The number of carbonyl (C=O) groups is 1. The number of carbonyl (C=O) groups excluding carboxylic acids is 1. The van der Waals surface area contributed by atoms with Crippen molar-refractivity contribution in [2.24, 2.45) is 4.99 Å². The lowest BCUT2D eigenvalue weighted by Gasteiger charge is -2.24. The van der Waals surface area contributed by atoms with Crippen LogP contribution in [-0.2, 0) is 16.0 Å². The third-order valence-electron chi connectivity index (χ3n) is 4.79. The fraction of sp³-hybridized carbons (Fsp3) is 0.579. The summed E-state index contributed by atoms with van der Waals surface area (Å²) in [6.45, 7) is 4.87. The molecule has 1 aromatic rings. The Morgan fingerprint density at radius 2 is 2.22 bits per heavy atom. The summed E-state index contributed by atoms with van der Waals surface area (Å²) >= 11 is 0. The van der Waals surface area contributed by atoms with Gasteiger partial charge in [-0.05, 0) is 49.9 Å². The van der Waals surface area contributed by atoms with Crippen molar-refractivity contribution in [3.05, 3.63) is 23.8 Å². The highest BCUT2D eigenvalue weighted by Gasteiger charge is 2.29. The van der Waals surface area contributed by atoms with E-state index in [-0.39, 0.29) is 35.5 Å². The Bertz CT molecular complexity index is 675. The van der Waals surface area contributed by atoms with Crippen LogP contribution in [-0.4, -0.2) is 50.8 Å². The van der Waals surface area contributed by atoms with Gasteiger partial charge in [0, 0.05) is 32.3 Å². The molecular weight excluding hydrogens is 459 g/mol. The molecule has 0 aliphatic carbocycles. The molecule has 0 aromatic heterocycles. The van der Waals surface area contributed by atoms with Gasteiger partial charge in [0.15, 0.2) is 5.96 Å². The first kappa shape index (κ1) is 21.7. The number of guanidine groups is 1. The summed E-state index contributed by atoms with van der Waals surface area (Å²) in [6, 6.07) is 5.79. The van der Waals surface area contributed by atoms with Crippen LogP contribution in [0.4, 0.5) is 5.69 Å². The minimum absolute atomic E-state index is 0. The Balaban J connectivity index is 0.00000261. The van der Waals surface area contributed by atoms with Crippen LogP contribution in [0.2, 0.25) is 0 Å². The van der Waals surface area contributed by atoms with Gasteiger partial charge in [0.1, 0.15) is 12.4 Å². The topological polar surface area (TPSA) is 84.0 Å². The number of ether oxygens (including phenoxy) is 2. The SMILES string of the molecule is CN=C(NCCOc1ccc2c(c1)CCC(=O)N2)NCC1(C)CCCO1.I. The maximum atomic E-state index is 11.4. The number of aryl methyl sites for hydroxylation is 1. The largest absolute Gasteiger partial charge is 0.492 e. The van der Waals surface area contributed by atoms with Crippen LogP contribution < -0.4 is 20.7 Å². The number of hydrogen-bond donors (Lipinski definition) is 3. The Labute approximate surface area is 177 Å². The van der Waals surface area contributed by atoms with Gasteiger partial charge in [0.25, 0.3) is 0 Å². The van der Waals surface area contributed by atoms with E-state index >= 15 is 0 Å². The predicted octanol–water partition coefficient (Wildman–Crippen LogP) is 2.30. The van der Waals surface area contributed by atoms with Gasteiger partial charge in [-0.3, -0.25) is 9.79 Å². The third-order valence-corrected chi connectivity index (χ3v) is 4.79. The molecule has 2 aliphatic rings. The zero-order valence-corrected chi connectivity index (χ0v) is 18.3. The van der Waals surface area contributed by atoms with E-state index in [0.717, 1.165) is 55.4 Å². The minimum atomic E-state index is -0.104. The van der Waals surface area contributed by atoms with E-state index in [4.69, 9.17) is 9.47 Å². The van der Waals surface area contributed by atoms with Crippen molar-refractivity contribution in [2.45, 2.75) is 38.2 Å². The lowest BCUT2D eigenvalue weighted by Crippen LogP contribution is -2.46. The van der Waals surface area contributed by atoms with Gasteiger partial charge in [0.2, 0.25) is 5.91 Å². The number of nitrogens with zero attached hydrogens (tertiary/aromatic N) is 1. The lowest BCUT2D eigenvalue weighted by molar-refractivity contribution is -0.116. The van der Waals surface area contributed by atoms with E-state index in [9.17, 15) is 4.79 Å². The minimum Gasteiger partial charge on any atom is -0.492 e. The molecule has 1 aromatic carbocycles. The number of amides is 1. The molecule has 1 saturated heterocycles. The van der Waals surface area contributed by atoms with Crippen molar-refractivity contribution in [2.75, 3.05) is 38.7 Å². The van der Waals surface area contributed by atoms with Crippen LogP contribution in [0.15, 0.2) is 23.2 Å². The van der Waals surface area contributed by atoms with Gasteiger partial charge in [-0.2, -0.15) is 0 Å². The normalized spacial score (nSPS) is 21.7. The van der Waals surface area contributed by atoms with Crippen LogP contribution in [0.25, 0.3) is 0 Å². The molecule has 0 spiro atoms. The fourth-order valence-electron chi connectivity index (χ4n) is 3.26. The van der Waals surface area contributed by atoms with Crippen LogP contribution in [0.3, 0.4) is 0 Å². The summed E-state index contributed by atoms with van der Waals surface area (Å²) in [7, 11) is 1.76. The highest BCUT2D eigenvalue weighted by atomic mass is 127. The Morgan fingerprint density at radius 1 is 1.37 bits per heavy atom. The first-order valence-electron chi connectivity index (χ1n) is 9.22. The van der Waals surface area contributed by atoms with Crippen LogP contribution in [0.5, 0.6) is 5.75 Å². The highest BCUT2D eigenvalue weighted by Crippen LogP contribution is 2.26. The van der Waals surface area contributed by atoms with Crippen molar-refractivity contribution in [1.82, 2.24) is 10.6 Å².